The van der Waals surface area contributed by atoms with E-state index in [2.05, 4.69) is 109 Å². The highest BCUT2D eigenvalue weighted by atomic mass is 35.5. The zero-order valence-corrected chi connectivity index (χ0v) is 21.0. The van der Waals surface area contributed by atoms with Gasteiger partial charge in [0.05, 0.1) is 11.2 Å². The highest BCUT2D eigenvalue weighted by molar-refractivity contribution is 5.94. The lowest BCUT2D eigenvalue weighted by Gasteiger charge is -2.39. The molecule has 0 N–H and O–H groups in total. The van der Waals surface area contributed by atoms with Crippen molar-refractivity contribution in [1.29, 1.82) is 0 Å². The molecule has 3 aromatic carbocycles. The van der Waals surface area contributed by atoms with Gasteiger partial charge in [0.25, 0.3) is 0 Å². The number of hydrogen-bond acceptors (Lipinski definition) is 3. The molecule has 0 atom stereocenters. The fraction of sp³-hybridized carbons (Fsp3) is 0.300. The molecule has 3 nitrogen and oxygen atoms in total. The Labute approximate surface area is 209 Å². The van der Waals surface area contributed by atoms with Crippen LogP contribution < -0.4 is 4.90 Å². The SMILES string of the molecule is CCN(CC)C1CCN(c2cc(-c3ccc(-c4ccccc4)cc3)nc3ccccc23)CC1.Cl. The third kappa shape index (κ3) is 4.96. The van der Waals surface area contributed by atoms with Gasteiger partial charge in [0.1, 0.15) is 0 Å². The summed E-state index contributed by atoms with van der Waals surface area (Å²) >= 11 is 0. The van der Waals surface area contributed by atoms with Crippen LogP contribution in [0.5, 0.6) is 0 Å². The van der Waals surface area contributed by atoms with Crippen molar-refractivity contribution in [1.82, 2.24) is 9.88 Å². The first-order chi connectivity index (χ1) is 16.3. The molecule has 0 radical (unpaired) electrons. The third-order valence-corrected chi connectivity index (χ3v) is 7.12. The van der Waals surface area contributed by atoms with Crippen molar-refractivity contribution < 1.29 is 0 Å². The summed E-state index contributed by atoms with van der Waals surface area (Å²) in [6.07, 6.45) is 2.44. The standard InChI is InChI=1S/C30H33N3.ClH/c1-3-32(4-2)26-18-20-33(21-19-26)30-22-29(31-28-13-9-8-12-27(28)30)25-16-14-24(15-17-25)23-10-6-5-7-11-23;/h5-17,22,26H,3-4,18-21H2,1-2H3;1H. The van der Waals surface area contributed by atoms with Crippen molar-refractivity contribution in [3.8, 4) is 22.4 Å². The normalized spacial score (nSPS) is 14.4. The summed E-state index contributed by atoms with van der Waals surface area (Å²) in [6.45, 7) is 9.04. The van der Waals surface area contributed by atoms with Gasteiger partial charge in [-0.15, -0.1) is 12.4 Å². The summed E-state index contributed by atoms with van der Waals surface area (Å²) in [5.41, 5.74) is 7.09. The molecule has 0 unspecified atom stereocenters. The molecule has 4 heteroatoms. The van der Waals surface area contributed by atoms with Gasteiger partial charge in [0, 0.05) is 35.8 Å². The Morgan fingerprint density at radius 2 is 1.35 bits per heavy atom. The smallest absolute Gasteiger partial charge is 0.0730 e. The van der Waals surface area contributed by atoms with Crippen LogP contribution in [0.15, 0.2) is 84.9 Å². The van der Waals surface area contributed by atoms with Crippen LogP contribution in [0.2, 0.25) is 0 Å². The van der Waals surface area contributed by atoms with E-state index in [1.54, 1.807) is 0 Å². The Bertz CT molecular complexity index is 1190. The summed E-state index contributed by atoms with van der Waals surface area (Å²) in [6, 6.07) is 31.0. The van der Waals surface area contributed by atoms with Gasteiger partial charge in [0.15, 0.2) is 0 Å². The Morgan fingerprint density at radius 3 is 2.03 bits per heavy atom. The van der Waals surface area contributed by atoms with Gasteiger partial charge in [-0.05, 0) is 49.2 Å². The molecular formula is C30H34ClN3. The van der Waals surface area contributed by atoms with Crippen molar-refractivity contribution >= 4 is 29.0 Å². The monoisotopic (exact) mass is 471 g/mol. The minimum absolute atomic E-state index is 0. The lowest BCUT2D eigenvalue weighted by molar-refractivity contribution is 0.186. The maximum Gasteiger partial charge on any atom is 0.0730 e. The Kier molecular flexibility index (Phi) is 7.87. The van der Waals surface area contributed by atoms with E-state index in [4.69, 9.17) is 4.98 Å². The zero-order valence-electron chi connectivity index (χ0n) is 20.2. The number of pyridine rings is 1. The Balaban J connectivity index is 0.00000274. The number of benzene rings is 3. The van der Waals surface area contributed by atoms with Gasteiger partial charge in [-0.25, -0.2) is 4.98 Å². The lowest BCUT2D eigenvalue weighted by atomic mass is 9.99. The predicted octanol–water partition coefficient (Wildman–Crippen LogP) is 7.30. The van der Waals surface area contributed by atoms with Crippen molar-refractivity contribution in [2.45, 2.75) is 32.7 Å². The number of hydrogen-bond donors (Lipinski definition) is 0. The molecule has 0 bridgehead atoms. The van der Waals surface area contributed by atoms with E-state index in [-0.39, 0.29) is 12.4 Å². The molecule has 1 aromatic heterocycles. The van der Waals surface area contributed by atoms with Crippen molar-refractivity contribution in [2.24, 2.45) is 0 Å². The Morgan fingerprint density at radius 1 is 0.765 bits per heavy atom. The van der Waals surface area contributed by atoms with Gasteiger partial charge >= 0.3 is 0 Å². The first kappa shape index (κ1) is 24.3. The van der Waals surface area contributed by atoms with Crippen molar-refractivity contribution in [2.75, 3.05) is 31.1 Å². The van der Waals surface area contributed by atoms with Crippen molar-refractivity contribution in [3.63, 3.8) is 0 Å². The maximum absolute atomic E-state index is 5.04. The minimum Gasteiger partial charge on any atom is -0.371 e. The third-order valence-electron chi connectivity index (χ3n) is 7.12. The van der Waals surface area contributed by atoms with E-state index >= 15 is 0 Å². The number of aromatic nitrogens is 1. The highest BCUT2D eigenvalue weighted by Crippen LogP contribution is 2.33. The molecule has 34 heavy (non-hydrogen) atoms. The predicted molar refractivity (Wildman–Crippen MR) is 148 cm³/mol. The first-order valence-corrected chi connectivity index (χ1v) is 12.3. The van der Waals surface area contributed by atoms with E-state index in [0.29, 0.717) is 6.04 Å². The van der Waals surface area contributed by atoms with E-state index in [1.165, 1.54) is 40.6 Å². The number of anilines is 1. The molecule has 5 rings (SSSR count). The van der Waals surface area contributed by atoms with Gasteiger partial charge in [-0.3, -0.25) is 0 Å². The van der Waals surface area contributed by atoms with Crippen LogP contribution in [0.3, 0.4) is 0 Å². The number of rotatable bonds is 6. The zero-order chi connectivity index (χ0) is 22.6. The van der Waals surface area contributed by atoms with Crippen LogP contribution in [-0.4, -0.2) is 42.1 Å². The van der Waals surface area contributed by atoms with Crippen LogP contribution in [-0.2, 0) is 0 Å². The number of halogens is 1. The summed E-state index contributed by atoms with van der Waals surface area (Å²) < 4.78 is 0. The fourth-order valence-corrected chi connectivity index (χ4v) is 5.24. The van der Waals surface area contributed by atoms with Gasteiger partial charge in [0.2, 0.25) is 0 Å². The molecule has 0 saturated carbocycles. The fourth-order valence-electron chi connectivity index (χ4n) is 5.24. The van der Waals surface area contributed by atoms with Gasteiger partial charge in [-0.1, -0.05) is 86.6 Å². The molecule has 0 spiro atoms. The van der Waals surface area contributed by atoms with Crippen LogP contribution in [0.4, 0.5) is 5.69 Å². The van der Waals surface area contributed by atoms with E-state index in [0.717, 1.165) is 37.4 Å². The second-order valence-corrected chi connectivity index (χ2v) is 8.93. The second kappa shape index (κ2) is 11.0. The summed E-state index contributed by atoms with van der Waals surface area (Å²) in [5, 5.41) is 1.25. The maximum atomic E-state index is 5.04. The number of piperidine rings is 1. The van der Waals surface area contributed by atoms with E-state index in [9.17, 15) is 0 Å². The molecule has 1 aliphatic heterocycles. The number of nitrogens with zero attached hydrogens (tertiary/aromatic N) is 3. The number of para-hydroxylation sites is 1. The molecule has 0 amide bonds. The van der Waals surface area contributed by atoms with Crippen LogP contribution in [0, 0.1) is 0 Å². The highest BCUT2D eigenvalue weighted by Gasteiger charge is 2.24. The summed E-state index contributed by atoms with van der Waals surface area (Å²) in [4.78, 5) is 10.2. The molecule has 176 valence electrons. The van der Waals surface area contributed by atoms with E-state index in [1.807, 2.05) is 0 Å². The minimum atomic E-state index is 0. The van der Waals surface area contributed by atoms with Crippen LogP contribution in [0.25, 0.3) is 33.3 Å². The Hall–Kier alpha value is -2.88. The van der Waals surface area contributed by atoms with Gasteiger partial charge in [-0.2, -0.15) is 0 Å². The molecular weight excluding hydrogens is 438 g/mol. The molecule has 1 aliphatic rings. The topological polar surface area (TPSA) is 19.4 Å². The van der Waals surface area contributed by atoms with Crippen LogP contribution in [0.1, 0.15) is 26.7 Å². The largest absolute Gasteiger partial charge is 0.371 e. The molecule has 0 aliphatic carbocycles. The average molecular weight is 472 g/mol. The summed E-state index contributed by atoms with van der Waals surface area (Å²) in [5.74, 6) is 0. The molecule has 1 fully saturated rings. The van der Waals surface area contributed by atoms with E-state index < -0.39 is 0 Å². The van der Waals surface area contributed by atoms with Crippen LogP contribution >= 0.6 is 12.4 Å². The molecule has 4 aromatic rings. The average Bonchev–Trinajstić information content (AvgIpc) is 2.90. The second-order valence-electron chi connectivity index (χ2n) is 8.93. The first-order valence-electron chi connectivity index (χ1n) is 12.3. The number of fused-ring (bicyclic) bond motifs is 1. The molecule has 1 saturated heterocycles. The summed E-state index contributed by atoms with van der Waals surface area (Å²) in [7, 11) is 0. The quantitative estimate of drug-likeness (QED) is 0.294. The lowest BCUT2D eigenvalue weighted by Crippen LogP contribution is -2.44. The van der Waals surface area contributed by atoms with Crippen molar-refractivity contribution in [3.05, 3.63) is 84.9 Å². The van der Waals surface area contributed by atoms with Gasteiger partial charge < -0.3 is 9.80 Å². The molecule has 2 heterocycles.